The number of halogens is 3. The molecule has 0 aliphatic rings. The van der Waals surface area contributed by atoms with Crippen LogP contribution in [-0.4, -0.2) is 20.7 Å². The molecule has 0 aliphatic carbocycles. The number of aryl methyl sites for hydroxylation is 1. The lowest BCUT2D eigenvalue weighted by molar-refractivity contribution is 0.102. The summed E-state index contributed by atoms with van der Waals surface area (Å²) in [6.45, 7) is 0. The summed E-state index contributed by atoms with van der Waals surface area (Å²) in [6, 6.07) is 1.45. The summed E-state index contributed by atoms with van der Waals surface area (Å²) in [5.74, 6) is -4.27. The fraction of sp³-hybridized carbons (Fsp3) is 0.0714. The predicted octanol–water partition coefficient (Wildman–Crippen LogP) is 2.80. The topological polar surface area (TPSA) is 85.8 Å². The summed E-state index contributed by atoms with van der Waals surface area (Å²) >= 11 is 0.687. The van der Waals surface area contributed by atoms with E-state index in [1.54, 1.807) is 13.2 Å². The highest BCUT2D eigenvalue weighted by molar-refractivity contribution is 7.19. The van der Waals surface area contributed by atoms with E-state index in [9.17, 15) is 18.0 Å². The normalized spacial score (nSPS) is 10.8. The van der Waals surface area contributed by atoms with Crippen LogP contribution >= 0.6 is 11.3 Å². The highest BCUT2D eigenvalue weighted by Crippen LogP contribution is 2.34. The van der Waals surface area contributed by atoms with Gasteiger partial charge >= 0.3 is 0 Å². The number of carbonyl (C=O) groups is 1. The van der Waals surface area contributed by atoms with Gasteiger partial charge in [-0.25, -0.2) is 18.2 Å². The van der Waals surface area contributed by atoms with Crippen LogP contribution < -0.4 is 11.1 Å². The van der Waals surface area contributed by atoms with Gasteiger partial charge in [0.2, 0.25) is 0 Å². The Morgan fingerprint density at radius 1 is 1.29 bits per heavy atom. The highest BCUT2D eigenvalue weighted by atomic mass is 32.1. The predicted molar refractivity (Wildman–Crippen MR) is 83.0 cm³/mol. The molecule has 0 saturated heterocycles. The third kappa shape index (κ3) is 2.83. The van der Waals surface area contributed by atoms with Crippen molar-refractivity contribution in [3.05, 3.63) is 47.7 Å². The van der Waals surface area contributed by atoms with Gasteiger partial charge in [-0.05, 0) is 12.1 Å². The van der Waals surface area contributed by atoms with Gasteiger partial charge in [0.25, 0.3) is 5.91 Å². The summed E-state index contributed by atoms with van der Waals surface area (Å²) < 4.78 is 42.4. The third-order valence-corrected chi connectivity index (χ3v) is 3.99. The molecular formula is C14H10F3N5OS. The Kier molecular flexibility index (Phi) is 3.97. The van der Waals surface area contributed by atoms with Crippen LogP contribution in [0.15, 0.2) is 24.5 Å². The molecule has 1 aromatic carbocycles. The van der Waals surface area contributed by atoms with Gasteiger partial charge in [0.05, 0.1) is 17.4 Å². The molecule has 0 unspecified atom stereocenters. The summed E-state index contributed by atoms with van der Waals surface area (Å²) in [7, 11) is 1.67. The maximum Gasteiger partial charge on any atom is 0.277 e. The van der Waals surface area contributed by atoms with E-state index in [4.69, 9.17) is 5.73 Å². The number of nitrogens with two attached hydrogens (primary N) is 1. The van der Waals surface area contributed by atoms with Crippen molar-refractivity contribution >= 4 is 27.9 Å². The number of hydrogen-bond acceptors (Lipinski definition) is 5. The van der Waals surface area contributed by atoms with Gasteiger partial charge in [0.1, 0.15) is 15.8 Å². The average Bonchev–Trinajstić information content (AvgIpc) is 3.09. The minimum atomic E-state index is -1.39. The highest BCUT2D eigenvalue weighted by Gasteiger charge is 2.23. The fourth-order valence-corrected chi connectivity index (χ4v) is 2.87. The molecule has 1 amide bonds. The number of amides is 1. The van der Waals surface area contributed by atoms with Crippen LogP contribution in [0, 0.1) is 17.5 Å². The molecule has 124 valence electrons. The Balaban J connectivity index is 1.96. The van der Waals surface area contributed by atoms with E-state index >= 15 is 0 Å². The quantitative estimate of drug-likeness (QED) is 0.709. The molecule has 0 atom stereocenters. The summed E-state index contributed by atoms with van der Waals surface area (Å²) in [4.78, 5) is 16.0. The Morgan fingerprint density at radius 3 is 2.67 bits per heavy atom. The van der Waals surface area contributed by atoms with Crippen LogP contribution in [0.3, 0.4) is 0 Å². The van der Waals surface area contributed by atoms with E-state index in [0.717, 1.165) is 6.07 Å². The van der Waals surface area contributed by atoms with Crippen molar-refractivity contribution < 1.29 is 18.0 Å². The number of carbonyl (C=O) groups excluding carboxylic acids is 1. The van der Waals surface area contributed by atoms with E-state index in [2.05, 4.69) is 15.4 Å². The Morgan fingerprint density at radius 2 is 2.00 bits per heavy atom. The first-order valence-corrected chi connectivity index (χ1v) is 7.38. The van der Waals surface area contributed by atoms with Gasteiger partial charge < -0.3 is 11.1 Å². The largest absolute Gasteiger partial charge is 0.389 e. The maximum atomic E-state index is 13.8. The zero-order valence-electron chi connectivity index (χ0n) is 12.2. The lowest BCUT2D eigenvalue weighted by Gasteiger charge is -2.02. The van der Waals surface area contributed by atoms with Crippen molar-refractivity contribution in [1.82, 2.24) is 14.8 Å². The zero-order valence-corrected chi connectivity index (χ0v) is 13.0. The summed E-state index contributed by atoms with van der Waals surface area (Å²) in [5, 5.41) is 6.12. The molecule has 24 heavy (non-hydrogen) atoms. The molecule has 0 saturated carbocycles. The number of nitrogen functional groups attached to an aromatic ring is 1. The molecule has 3 N–H and O–H groups in total. The number of aromatic nitrogens is 3. The van der Waals surface area contributed by atoms with Gasteiger partial charge in [-0.3, -0.25) is 9.48 Å². The molecule has 0 radical (unpaired) electrons. The molecule has 0 spiro atoms. The zero-order chi connectivity index (χ0) is 17.4. The molecule has 3 rings (SSSR count). The third-order valence-electron chi connectivity index (χ3n) is 3.09. The monoisotopic (exact) mass is 353 g/mol. The summed E-state index contributed by atoms with van der Waals surface area (Å²) in [5.41, 5.74) is 5.25. The number of thiazole rings is 1. The Hall–Kier alpha value is -2.88. The van der Waals surface area contributed by atoms with Crippen molar-refractivity contribution in [2.24, 2.45) is 7.05 Å². The summed E-state index contributed by atoms with van der Waals surface area (Å²) in [6.07, 6.45) is 2.96. The molecule has 0 fully saturated rings. The van der Waals surface area contributed by atoms with Crippen LogP contribution in [0.25, 0.3) is 10.6 Å². The Labute approximate surface area is 137 Å². The molecule has 2 aromatic heterocycles. The lowest BCUT2D eigenvalue weighted by atomic mass is 10.2. The van der Waals surface area contributed by atoms with E-state index in [1.807, 2.05) is 0 Å². The van der Waals surface area contributed by atoms with Crippen LogP contribution in [0.4, 0.5) is 23.9 Å². The molecule has 6 nitrogen and oxygen atoms in total. The molecule has 3 aromatic rings. The van der Waals surface area contributed by atoms with Gasteiger partial charge in [0.15, 0.2) is 17.3 Å². The maximum absolute atomic E-state index is 13.8. The SMILES string of the molecule is Cn1cc(NC(=O)c2nc(-c3c(F)ccc(F)c3F)sc2N)cn1. The van der Waals surface area contributed by atoms with E-state index < -0.39 is 28.9 Å². The first-order valence-electron chi connectivity index (χ1n) is 6.57. The van der Waals surface area contributed by atoms with Crippen molar-refractivity contribution in [2.75, 3.05) is 11.1 Å². The molecular weight excluding hydrogens is 343 g/mol. The van der Waals surface area contributed by atoms with Crippen LogP contribution in [0.1, 0.15) is 10.5 Å². The number of nitrogens with zero attached hydrogens (tertiary/aromatic N) is 3. The number of hydrogen-bond donors (Lipinski definition) is 2. The minimum absolute atomic E-state index is 0.0468. The van der Waals surface area contributed by atoms with Gasteiger partial charge in [-0.15, -0.1) is 0 Å². The van der Waals surface area contributed by atoms with E-state index in [1.165, 1.54) is 10.9 Å². The van der Waals surface area contributed by atoms with Crippen molar-refractivity contribution in [3.8, 4) is 10.6 Å². The van der Waals surface area contributed by atoms with Crippen molar-refractivity contribution in [2.45, 2.75) is 0 Å². The molecule has 0 bridgehead atoms. The van der Waals surface area contributed by atoms with E-state index in [-0.39, 0.29) is 15.7 Å². The minimum Gasteiger partial charge on any atom is -0.389 e. The van der Waals surface area contributed by atoms with Crippen LogP contribution in [0.5, 0.6) is 0 Å². The molecule has 2 heterocycles. The average molecular weight is 353 g/mol. The van der Waals surface area contributed by atoms with Crippen LogP contribution in [-0.2, 0) is 7.05 Å². The second-order valence-corrected chi connectivity index (χ2v) is 5.84. The lowest BCUT2D eigenvalue weighted by Crippen LogP contribution is -2.13. The number of anilines is 2. The van der Waals surface area contributed by atoms with Crippen LogP contribution in [0.2, 0.25) is 0 Å². The fourth-order valence-electron chi connectivity index (χ4n) is 2.00. The second-order valence-electron chi connectivity index (χ2n) is 4.81. The second kappa shape index (κ2) is 5.96. The van der Waals surface area contributed by atoms with Crippen molar-refractivity contribution in [3.63, 3.8) is 0 Å². The number of nitrogens with one attached hydrogen (secondary N) is 1. The van der Waals surface area contributed by atoms with Gasteiger partial charge in [-0.2, -0.15) is 5.10 Å². The first kappa shape index (κ1) is 16.0. The van der Waals surface area contributed by atoms with E-state index in [0.29, 0.717) is 23.1 Å². The Bertz CT molecular complexity index is 937. The molecule has 10 heteroatoms. The molecule has 0 aliphatic heterocycles. The number of benzene rings is 1. The van der Waals surface area contributed by atoms with Gasteiger partial charge in [0, 0.05) is 13.2 Å². The van der Waals surface area contributed by atoms with Gasteiger partial charge in [-0.1, -0.05) is 11.3 Å². The standard InChI is InChI=1S/C14H10F3N5OS/c1-22-5-6(4-19-22)20-13(23)11-12(18)24-14(21-11)9-7(15)2-3-8(16)10(9)17/h2-5H,18H2,1H3,(H,20,23). The smallest absolute Gasteiger partial charge is 0.277 e. The first-order chi connectivity index (χ1) is 11.4. The van der Waals surface area contributed by atoms with Crippen molar-refractivity contribution in [1.29, 1.82) is 0 Å². The number of rotatable bonds is 3.